The molecule has 0 bridgehead atoms. The maximum Gasteiger partial charge on any atom is 0.251 e. The summed E-state index contributed by atoms with van der Waals surface area (Å²) < 4.78 is 0. The lowest BCUT2D eigenvalue weighted by atomic mass is 10.0. The summed E-state index contributed by atoms with van der Waals surface area (Å²) >= 11 is 0. The van der Waals surface area contributed by atoms with Crippen LogP contribution in [0.5, 0.6) is 0 Å². The van der Waals surface area contributed by atoms with Gasteiger partial charge in [0.25, 0.3) is 5.91 Å². The number of nitrogens with zero attached hydrogens (tertiary/aromatic N) is 1. The average Bonchev–Trinajstić information content (AvgIpc) is 2.44. The Hall–Kier alpha value is -1.35. The van der Waals surface area contributed by atoms with Crippen LogP contribution in [-0.4, -0.2) is 36.5 Å². The second-order valence-corrected chi connectivity index (χ2v) is 5.84. The largest absolute Gasteiger partial charge is 0.349 e. The SMILES string of the molecule is CCCN1CCC(NC(=O)c2cccc(C)c2C)CC1. The molecule has 0 unspecified atom stereocenters. The van der Waals surface area contributed by atoms with Crippen LogP contribution < -0.4 is 5.32 Å². The lowest BCUT2D eigenvalue weighted by Gasteiger charge is -2.32. The molecule has 20 heavy (non-hydrogen) atoms. The van der Waals surface area contributed by atoms with Gasteiger partial charge in [0.1, 0.15) is 0 Å². The second-order valence-electron chi connectivity index (χ2n) is 5.84. The Morgan fingerprint density at radius 3 is 2.65 bits per heavy atom. The van der Waals surface area contributed by atoms with E-state index in [0.29, 0.717) is 6.04 Å². The van der Waals surface area contributed by atoms with E-state index in [1.54, 1.807) is 0 Å². The highest BCUT2D eigenvalue weighted by Gasteiger charge is 2.21. The number of benzene rings is 1. The first-order valence-corrected chi connectivity index (χ1v) is 7.71. The number of aryl methyl sites for hydroxylation is 1. The van der Waals surface area contributed by atoms with Gasteiger partial charge in [-0.2, -0.15) is 0 Å². The van der Waals surface area contributed by atoms with Gasteiger partial charge in [-0.15, -0.1) is 0 Å². The third-order valence-electron chi connectivity index (χ3n) is 4.31. The zero-order valence-corrected chi connectivity index (χ0v) is 12.9. The third kappa shape index (κ3) is 3.60. The van der Waals surface area contributed by atoms with Crippen molar-refractivity contribution in [2.24, 2.45) is 0 Å². The number of carbonyl (C=O) groups excluding carboxylic acids is 1. The van der Waals surface area contributed by atoms with Crippen LogP contribution in [-0.2, 0) is 0 Å². The van der Waals surface area contributed by atoms with Gasteiger partial charge in [-0.3, -0.25) is 4.79 Å². The standard InChI is InChI=1S/C17H26N2O/c1-4-10-19-11-8-15(9-12-19)18-17(20)16-7-5-6-13(2)14(16)3/h5-7,15H,4,8-12H2,1-3H3,(H,18,20). The van der Waals surface area contributed by atoms with E-state index in [0.717, 1.165) is 37.1 Å². The molecule has 1 saturated heterocycles. The molecule has 1 aliphatic rings. The molecule has 1 amide bonds. The molecule has 0 radical (unpaired) electrons. The predicted octanol–water partition coefficient (Wildman–Crippen LogP) is 2.91. The van der Waals surface area contributed by atoms with Crippen molar-refractivity contribution in [2.45, 2.75) is 46.1 Å². The monoisotopic (exact) mass is 274 g/mol. The fourth-order valence-corrected chi connectivity index (χ4v) is 2.88. The molecule has 110 valence electrons. The summed E-state index contributed by atoms with van der Waals surface area (Å²) in [6.45, 7) is 9.67. The molecule has 3 nitrogen and oxygen atoms in total. The van der Waals surface area contributed by atoms with Crippen LogP contribution in [0.1, 0.15) is 47.7 Å². The highest BCUT2D eigenvalue weighted by Crippen LogP contribution is 2.15. The summed E-state index contributed by atoms with van der Waals surface area (Å²) in [5.41, 5.74) is 3.09. The highest BCUT2D eigenvalue weighted by molar-refractivity contribution is 5.96. The van der Waals surface area contributed by atoms with Gasteiger partial charge in [0.05, 0.1) is 0 Å². The molecule has 1 aliphatic heterocycles. The molecule has 1 aromatic carbocycles. The van der Waals surface area contributed by atoms with Crippen LogP contribution in [0.25, 0.3) is 0 Å². The van der Waals surface area contributed by atoms with Crippen LogP contribution >= 0.6 is 0 Å². The maximum atomic E-state index is 12.4. The Labute approximate surface area is 122 Å². The first-order valence-electron chi connectivity index (χ1n) is 7.71. The summed E-state index contributed by atoms with van der Waals surface area (Å²) in [5.74, 6) is 0.0835. The van der Waals surface area contributed by atoms with Crippen LogP contribution in [0.15, 0.2) is 18.2 Å². The molecule has 0 aromatic heterocycles. The van der Waals surface area contributed by atoms with Crippen LogP contribution in [0.3, 0.4) is 0 Å². The topological polar surface area (TPSA) is 32.3 Å². The maximum absolute atomic E-state index is 12.4. The lowest BCUT2D eigenvalue weighted by molar-refractivity contribution is 0.0910. The average molecular weight is 274 g/mol. The minimum absolute atomic E-state index is 0.0835. The minimum atomic E-state index is 0.0835. The van der Waals surface area contributed by atoms with Gasteiger partial charge in [-0.05, 0) is 56.8 Å². The van der Waals surface area contributed by atoms with Crippen LogP contribution in [0.4, 0.5) is 0 Å². The van der Waals surface area contributed by atoms with Gasteiger partial charge >= 0.3 is 0 Å². The predicted molar refractivity (Wildman–Crippen MR) is 83.1 cm³/mol. The van der Waals surface area contributed by atoms with Gasteiger partial charge < -0.3 is 10.2 Å². The van der Waals surface area contributed by atoms with Gasteiger partial charge in [-0.25, -0.2) is 0 Å². The summed E-state index contributed by atoms with van der Waals surface area (Å²) in [5, 5.41) is 3.20. The van der Waals surface area contributed by atoms with E-state index in [-0.39, 0.29) is 5.91 Å². The molecule has 3 heteroatoms. The van der Waals surface area contributed by atoms with Crippen molar-refractivity contribution in [1.29, 1.82) is 0 Å². The fourth-order valence-electron chi connectivity index (χ4n) is 2.88. The van der Waals surface area contributed by atoms with Crippen LogP contribution in [0.2, 0.25) is 0 Å². The first kappa shape index (κ1) is 15.0. The summed E-state index contributed by atoms with van der Waals surface area (Å²) in [6.07, 6.45) is 3.34. The van der Waals surface area contributed by atoms with E-state index >= 15 is 0 Å². The molecule has 0 saturated carbocycles. The Bertz CT molecular complexity index is 462. The Morgan fingerprint density at radius 2 is 2.00 bits per heavy atom. The van der Waals surface area contributed by atoms with Crippen molar-refractivity contribution >= 4 is 5.91 Å². The van der Waals surface area contributed by atoms with Gasteiger partial charge in [-0.1, -0.05) is 19.1 Å². The summed E-state index contributed by atoms with van der Waals surface area (Å²) in [7, 11) is 0. The molecule has 0 spiro atoms. The normalized spacial score (nSPS) is 17.1. The number of piperidine rings is 1. The number of hydrogen-bond acceptors (Lipinski definition) is 2. The number of rotatable bonds is 4. The summed E-state index contributed by atoms with van der Waals surface area (Å²) in [6, 6.07) is 6.26. The van der Waals surface area contributed by atoms with Crippen molar-refractivity contribution < 1.29 is 4.79 Å². The van der Waals surface area contributed by atoms with E-state index in [4.69, 9.17) is 0 Å². The van der Waals surface area contributed by atoms with Crippen molar-refractivity contribution in [3.8, 4) is 0 Å². The second kappa shape index (κ2) is 6.89. The van der Waals surface area contributed by atoms with E-state index in [2.05, 4.69) is 30.1 Å². The Kier molecular flexibility index (Phi) is 5.18. The number of amides is 1. The van der Waals surface area contributed by atoms with Crippen molar-refractivity contribution in [1.82, 2.24) is 10.2 Å². The Balaban J connectivity index is 1.91. The third-order valence-corrected chi connectivity index (χ3v) is 4.31. The van der Waals surface area contributed by atoms with E-state index < -0.39 is 0 Å². The number of carbonyl (C=O) groups is 1. The molecule has 1 heterocycles. The fraction of sp³-hybridized carbons (Fsp3) is 0.588. The lowest BCUT2D eigenvalue weighted by Crippen LogP contribution is -2.44. The zero-order valence-electron chi connectivity index (χ0n) is 12.9. The number of likely N-dealkylation sites (tertiary alicyclic amines) is 1. The number of nitrogens with one attached hydrogen (secondary N) is 1. The molecule has 0 atom stereocenters. The van der Waals surface area contributed by atoms with E-state index in [1.807, 2.05) is 19.1 Å². The quantitative estimate of drug-likeness (QED) is 0.915. The van der Waals surface area contributed by atoms with Crippen molar-refractivity contribution in [2.75, 3.05) is 19.6 Å². The Morgan fingerprint density at radius 1 is 1.30 bits per heavy atom. The summed E-state index contributed by atoms with van der Waals surface area (Å²) in [4.78, 5) is 14.9. The number of hydrogen-bond donors (Lipinski definition) is 1. The molecule has 0 aliphatic carbocycles. The molecule has 1 N–H and O–H groups in total. The van der Waals surface area contributed by atoms with Gasteiger partial charge in [0.15, 0.2) is 0 Å². The minimum Gasteiger partial charge on any atom is -0.349 e. The van der Waals surface area contributed by atoms with Gasteiger partial charge in [0.2, 0.25) is 0 Å². The van der Waals surface area contributed by atoms with Gasteiger partial charge in [0, 0.05) is 24.7 Å². The molecule has 1 fully saturated rings. The van der Waals surface area contributed by atoms with E-state index in [1.165, 1.54) is 18.5 Å². The molecular weight excluding hydrogens is 248 g/mol. The van der Waals surface area contributed by atoms with Crippen molar-refractivity contribution in [3.05, 3.63) is 34.9 Å². The molecule has 1 aromatic rings. The zero-order chi connectivity index (χ0) is 14.5. The molecule has 2 rings (SSSR count). The van der Waals surface area contributed by atoms with Crippen LogP contribution in [0, 0.1) is 13.8 Å². The van der Waals surface area contributed by atoms with E-state index in [9.17, 15) is 4.79 Å². The van der Waals surface area contributed by atoms with Crippen molar-refractivity contribution in [3.63, 3.8) is 0 Å². The molecular formula is C17H26N2O. The first-order chi connectivity index (χ1) is 9.61. The smallest absolute Gasteiger partial charge is 0.251 e. The highest BCUT2D eigenvalue weighted by atomic mass is 16.1.